The fourth-order valence-electron chi connectivity index (χ4n) is 3.68. The first-order chi connectivity index (χ1) is 16.7. The average molecular weight is 491 g/mol. The zero-order valence-corrected chi connectivity index (χ0v) is 18.6. The number of fused-ring (bicyclic) bond motifs is 1. The number of aromatic nitrogens is 2. The maximum absolute atomic E-state index is 14.2. The van der Waals surface area contributed by atoms with E-state index in [1.165, 1.54) is 37.7 Å². The van der Waals surface area contributed by atoms with Crippen LogP contribution >= 0.6 is 0 Å². The molecule has 1 N–H and O–H groups in total. The van der Waals surface area contributed by atoms with E-state index in [1.54, 1.807) is 12.1 Å². The van der Waals surface area contributed by atoms with Crippen molar-refractivity contribution in [2.75, 3.05) is 20.3 Å². The number of amides is 1. The lowest BCUT2D eigenvalue weighted by Crippen LogP contribution is -2.42. The molecule has 0 fully saturated rings. The molecule has 0 unspecified atom stereocenters. The molecule has 35 heavy (non-hydrogen) atoms. The van der Waals surface area contributed by atoms with Crippen molar-refractivity contribution in [3.8, 4) is 22.8 Å². The van der Waals surface area contributed by atoms with Crippen molar-refractivity contribution in [1.29, 1.82) is 0 Å². The minimum Gasteiger partial charge on any atom is -0.491 e. The number of nitrogens with zero attached hydrogens (tertiary/aromatic N) is 2. The number of halogens is 4. The molecule has 3 aromatic rings. The van der Waals surface area contributed by atoms with Crippen LogP contribution in [0, 0.1) is 5.82 Å². The Morgan fingerprint density at radius 1 is 1.20 bits per heavy atom. The summed E-state index contributed by atoms with van der Waals surface area (Å²) in [5, 5.41) is 2.87. The molecular weight excluding hydrogens is 470 g/mol. The molecule has 4 rings (SSSR count). The molecule has 184 valence electrons. The fraction of sp³-hybridized carbons (Fsp3) is 0.292. The first-order valence-electron chi connectivity index (χ1n) is 10.6. The predicted octanol–water partition coefficient (Wildman–Crippen LogP) is 4.10. The number of carbonyl (C=O) groups excluding carboxylic acids is 1. The number of carbonyl (C=O) groups is 1. The lowest BCUT2D eigenvalue weighted by atomic mass is 9.93. The Hall–Kier alpha value is -3.73. The van der Waals surface area contributed by atoms with Crippen molar-refractivity contribution in [1.82, 2.24) is 15.3 Å². The second-order valence-electron chi connectivity index (χ2n) is 7.83. The molecule has 2 aromatic heterocycles. The summed E-state index contributed by atoms with van der Waals surface area (Å²) in [7, 11) is 1.33. The third-order valence-electron chi connectivity index (χ3n) is 5.27. The number of alkyl halides is 3. The van der Waals surface area contributed by atoms with Gasteiger partial charge in [0.15, 0.2) is 5.82 Å². The lowest BCUT2D eigenvalue weighted by molar-refractivity contribution is -0.176. The molecule has 0 aliphatic carbocycles. The Labute approximate surface area is 198 Å². The summed E-state index contributed by atoms with van der Waals surface area (Å²) in [6, 6.07) is 9.26. The maximum Gasteiger partial charge on any atom is 0.411 e. The molecule has 0 saturated carbocycles. The van der Waals surface area contributed by atoms with Crippen molar-refractivity contribution < 1.29 is 36.6 Å². The number of hydrogen-bond donors (Lipinski definition) is 1. The summed E-state index contributed by atoms with van der Waals surface area (Å²) in [5.74, 6) is -0.475. The van der Waals surface area contributed by atoms with Gasteiger partial charge in [-0.15, -0.1) is 0 Å². The molecule has 1 aromatic carbocycles. The van der Waals surface area contributed by atoms with Crippen molar-refractivity contribution >= 4 is 5.91 Å². The first kappa shape index (κ1) is 24.4. The molecule has 11 heteroatoms. The summed E-state index contributed by atoms with van der Waals surface area (Å²) in [5.41, 5.74) is 2.57. The van der Waals surface area contributed by atoms with Gasteiger partial charge in [-0.3, -0.25) is 9.78 Å². The topological polar surface area (TPSA) is 82.6 Å². The molecule has 0 spiro atoms. The smallest absolute Gasteiger partial charge is 0.411 e. The lowest BCUT2D eigenvalue weighted by Gasteiger charge is -2.28. The zero-order chi connectivity index (χ0) is 25.0. The van der Waals surface area contributed by atoms with E-state index in [0.29, 0.717) is 17.7 Å². The highest BCUT2D eigenvalue weighted by Gasteiger charge is 2.28. The SMILES string of the molecule is COc1ncc(-c2cccc3c2C[C@H](NC(=O)c2ccc(COCC(F)(F)F)nc2)CO3)cc1F. The number of methoxy groups -OCH3 is 1. The number of benzene rings is 1. The van der Waals surface area contributed by atoms with E-state index in [4.69, 9.17) is 9.47 Å². The summed E-state index contributed by atoms with van der Waals surface area (Å²) in [6.45, 7) is -1.46. The molecule has 3 heterocycles. The van der Waals surface area contributed by atoms with E-state index < -0.39 is 24.5 Å². The quantitative estimate of drug-likeness (QED) is 0.501. The molecule has 7 nitrogen and oxygen atoms in total. The first-order valence-corrected chi connectivity index (χ1v) is 10.6. The van der Waals surface area contributed by atoms with Gasteiger partial charge in [0.1, 0.15) is 19.0 Å². The molecule has 1 aliphatic rings. The van der Waals surface area contributed by atoms with E-state index in [-0.39, 0.29) is 36.4 Å². The summed E-state index contributed by atoms with van der Waals surface area (Å²) < 4.78 is 66.0. The Balaban J connectivity index is 1.42. The second kappa shape index (κ2) is 10.3. The number of rotatable bonds is 7. The van der Waals surface area contributed by atoms with E-state index in [9.17, 15) is 22.4 Å². The summed E-state index contributed by atoms with van der Waals surface area (Å²) in [6.07, 6.45) is -1.21. The maximum atomic E-state index is 14.2. The van der Waals surface area contributed by atoms with Crippen LogP contribution in [0.3, 0.4) is 0 Å². The van der Waals surface area contributed by atoms with Crippen molar-refractivity contribution in [2.24, 2.45) is 0 Å². The van der Waals surface area contributed by atoms with Gasteiger partial charge in [-0.05, 0) is 29.8 Å². The number of ether oxygens (including phenoxy) is 3. The van der Waals surface area contributed by atoms with E-state index >= 15 is 0 Å². The minimum absolute atomic E-state index is 0.105. The Morgan fingerprint density at radius 3 is 2.71 bits per heavy atom. The van der Waals surface area contributed by atoms with Gasteiger partial charge in [0, 0.05) is 29.9 Å². The van der Waals surface area contributed by atoms with Gasteiger partial charge in [-0.2, -0.15) is 13.2 Å². The Morgan fingerprint density at radius 2 is 2.03 bits per heavy atom. The highest BCUT2D eigenvalue weighted by atomic mass is 19.4. The minimum atomic E-state index is -4.42. The van der Waals surface area contributed by atoms with Gasteiger partial charge in [0.2, 0.25) is 5.88 Å². The van der Waals surface area contributed by atoms with Crippen LogP contribution in [0.1, 0.15) is 21.6 Å². The fourth-order valence-corrected chi connectivity index (χ4v) is 3.68. The van der Waals surface area contributed by atoms with Crippen molar-refractivity contribution in [3.63, 3.8) is 0 Å². The molecule has 1 aliphatic heterocycles. The highest BCUT2D eigenvalue weighted by molar-refractivity contribution is 5.94. The van der Waals surface area contributed by atoms with Crippen LogP contribution in [-0.2, 0) is 17.8 Å². The van der Waals surface area contributed by atoms with Crippen LogP contribution in [0.15, 0.2) is 48.8 Å². The van der Waals surface area contributed by atoms with Gasteiger partial charge >= 0.3 is 6.18 Å². The van der Waals surface area contributed by atoms with Gasteiger partial charge in [-0.1, -0.05) is 12.1 Å². The van der Waals surface area contributed by atoms with Crippen LogP contribution in [-0.4, -0.2) is 48.4 Å². The van der Waals surface area contributed by atoms with Crippen molar-refractivity contribution in [3.05, 3.63) is 71.4 Å². The molecule has 1 amide bonds. The predicted molar refractivity (Wildman–Crippen MR) is 117 cm³/mol. The van der Waals surface area contributed by atoms with Gasteiger partial charge < -0.3 is 19.5 Å². The van der Waals surface area contributed by atoms with E-state index in [2.05, 4.69) is 20.0 Å². The summed E-state index contributed by atoms with van der Waals surface area (Å²) >= 11 is 0. The van der Waals surface area contributed by atoms with Crippen LogP contribution in [0.5, 0.6) is 11.6 Å². The standard InChI is InChI=1S/C24H21F4N3O4/c1-33-23-20(25)7-15(10-30-23)18-3-2-4-21-19(18)8-17(12-35-21)31-22(32)14-5-6-16(29-9-14)11-34-13-24(26,27)28/h2-7,9-10,17H,8,11-13H2,1H3,(H,31,32)/t17-/m0/s1. The molecule has 0 radical (unpaired) electrons. The van der Waals surface area contributed by atoms with Gasteiger partial charge in [0.25, 0.3) is 5.91 Å². The molecular formula is C24H21F4N3O4. The third kappa shape index (κ3) is 6.04. The summed E-state index contributed by atoms with van der Waals surface area (Å²) in [4.78, 5) is 20.7. The second-order valence-corrected chi connectivity index (χ2v) is 7.83. The Bertz CT molecular complexity index is 1200. The van der Waals surface area contributed by atoms with Gasteiger partial charge in [0.05, 0.1) is 31.0 Å². The van der Waals surface area contributed by atoms with Crippen LogP contribution in [0.2, 0.25) is 0 Å². The Kier molecular flexibility index (Phi) is 7.15. The largest absolute Gasteiger partial charge is 0.491 e. The van der Waals surface area contributed by atoms with Crippen molar-refractivity contribution in [2.45, 2.75) is 25.2 Å². The van der Waals surface area contributed by atoms with Gasteiger partial charge in [-0.25, -0.2) is 9.37 Å². The van der Waals surface area contributed by atoms with Crippen LogP contribution in [0.25, 0.3) is 11.1 Å². The number of pyridine rings is 2. The van der Waals surface area contributed by atoms with Crippen LogP contribution in [0.4, 0.5) is 17.6 Å². The third-order valence-corrected chi connectivity index (χ3v) is 5.27. The molecule has 0 saturated heterocycles. The highest BCUT2D eigenvalue weighted by Crippen LogP contribution is 2.35. The number of hydrogen-bond acceptors (Lipinski definition) is 6. The van der Waals surface area contributed by atoms with Crippen LogP contribution < -0.4 is 14.8 Å². The average Bonchev–Trinajstić information content (AvgIpc) is 2.83. The monoisotopic (exact) mass is 491 g/mol. The zero-order valence-electron chi connectivity index (χ0n) is 18.6. The van der Waals surface area contributed by atoms with E-state index in [0.717, 1.165) is 11.1 Å². The number of nitrogens with one attached hydrogen (secondary N) is 1. The normalized spacial score (nSPS) is 15.2. The van der Waals surface area contributed by atoms with E-state index in [1.807, 2.05) is 6.07 Å². The molecule has 1 atom stereocenters. The molecule has 0 bridgehead atoms.